The van der Waals surface area contributed by atoms with Crippen molar-refractivity contribution in [2.45, 2.75) is 44.3 Å². The van der Waals surface area contributed by atoms with E-state index >= 15 is 0 Å². The molecule has 5 nitrogen and oxygen atoms in total. The highest BCUT2D eigenvalue weighted by molar-refractivity contribution is 5.82. The first-order valence-corrected chi connectivity index (χ1v) is 7.75. The summed E-state index contributed by atoms with van der Waals surface area (Å²) in [5, 5.41) is 2.76. The summed E-state index contributed by atoms with van der Waals surface area (Å²) in [6.45, 7) is 0.253. The van der Waals surface area contributed by atoms with Crippen LogP contribution in [0, 0.1) is 0 Å². The van der Waals surface area contributed by atoms with Crippen molar-refractivity contribution in [1.29, 1.82) is 0 Å². The number of hydrogen-bond acceptors (Lipinski definition) is 4. The summed E-state index contributed by atoms with van der Waals surface area (Å²) in [6.07, 6.45) is 3.97. The van der Waals surface area contributed by atoms with Crippen LogP contribution in [0.3, 0.4) is 0 Å². The average molecular weight is 305 g/mol. The van der Waals surface area contributed by atoms with E-state index in [4.69, 9.17) is 4.74 Å². The molecule has 120 valence electrons. The van der Waals surface area contributed by atoms with Gasteiger partial charge in [0.15, 0.2) is 6.10 Å². The molecular formula is C17H23NO4. The first kappa shape index (κ1) is 16.5. The van der Waals surface area contributed by atoms with Crippen molar-refractivity contribution in [2.24, 2.45) is 0 Å². The summed E-state index contributed by atoms with van der Waals surface area (Å²) in [5.41, 5.74) is 0.838. The lowest BCUT2D eigenvalue weighted by Gasteiger charge is -2.22. The first-order chi connectivity index (χ1) is 10.7. The number of carbonyl (C=O) groups excluding carboxylic acids is 2. The molecule has 1 fully saturated rings. The minimum absolute atomic E-state index is 0.136. The average Bonchev–Trinajstić information content (AvgIpc) is 3.06. The molecule has 5 heteroatoms. The Labute approximate surface area is 131 Å². The highest BCUT2D eigenvalue weighted by atomic mass is 16.5. The molecule has 1 amide bonds. The number of hydrogen-bond donors (Lipinski definition) is 1. The van der Waals surface area contributed by atoms with Crippen molar-refractivity contribution >= 4 is 11.9 Å². The molecule has 0 aliphatic heterocycles. The zero-order chi connectivity index (χ0) is 15.8. The fourth-order valence-corrected chi connectivity index (χ4v) is 2.62. The number of methoxy groups -OCH3 is 1. The van der Waals surface area contributed by atoms with E-state index in [1.807, 2.05) is 30.3 Å². The van der Waals surface area contributed by atoms with E-state index in [0.29, 0.717) is 0 Å². The largest absolute Gasteiger partial charge is 0.469 e. The minimum atomic E-state index is -0.623. The van der Waals surface area contributed by atoms with Gasteiger partial charge in [0.2, 0.25) is 0 Å². The van der Waals surface area contributed by atoms with Gasteiger partial charge in [-0.25, -0.2) is 0 Å². The van der Waals surface area contributed by atoms with Crippen molar-refractivity contribution in [3.05, 3.63) is 35.9 Å². The van der Waals surface area contributed by atoms with Crippen molar-refractivity contribution in [2.75, 3.05) is 13.7 Å². The van der Waals surface area contributed by atoms with Crippen molar-refractivity contribution in [3.8, 4) is 0 Å². The van der Waals surface area contributed by atoms with E-state index in [1.165, 1.54) is 7.11 Å². The van der Waals surface area contributed by atoms with Crippen LogP contribution in [0.1, 0.15) is 43.8 Å². The van der Waals surface area contributed by atoms with Crippen LogP contribution in [0.5, 0.6) is 0 Å². The van der Waals surface area contributed by atoms with Gasteiger partial charge in [-0.1, -0.05) is 43.2 Å². The fraction of sp³-hybridized carbons (Fsp3) is 0.529. The van der Waals surface area contributed by atoms with Gasteiger partial charge >= 0.3 is 5.97 Å². The Bertz CT molecular complexity index is 483. The zero-order valence-electron chi connectivity index (χ0n) is 12.9. The van der Waals surface area contributed by atoms with Crippen LogP contribution in [0.15, 0.2) is 30.3 Å². The van der Waals surface area contributed by atoms with Crippen LogP contribution in [0.4, 0.5) is 0 Å². The molecule has 0 radical (unpaired) electrons. The molecule has 1 aromatic carbocycles. The van der Waals surface area contributed by atoms with Crippen LogP contribution in [-0.2, 0) is 19.1 Å². The van der Waals surface area contributed by atoms with Crippen LogP contribution in [0.2, 0.25) is 0 Å². The summed E-state index contributed by atoms with van der Waals surface area (Å²) in [6, 6.07) is 9.47. The second-order valence-electron chi connectivity index (χ2n) is 5.45. The third-order valence-electron chi connectivity index (χ3n) is 3.83. The maximum Gasteiger partial charge on any atom is 0.307 e. The fourth-order valence-electron chi connectivity index (χ4n) is 2.62. The van der Waals surface area contributed by atoms with Gasteiger partial charge < -0.3 is 14.8 Å². The number of carbonyl (C=O) groups is 2. The molecule has 1 saturated carbocycles. The Hall–Kier alpha value is -1.88. The van der Waals surface area contributed by atoms with Crippen LogP contribution in [0.25, 0.3) is 0 Å². The van der Waals surface area contributed by atoms with E-state index in [0.717, 1.165) is 31.2 Å². The lowest BCUT2D eigenvalue weighted by Crippen LogP contribution is -2.34. The standard InChI is InChI=1S/C17H23NO4/c1-21-15(19)11-12-18-17(20)16(13-7-3-2-4-8-13)22-14-9-5-6-10-14/h2-4,7-8,14,16H,5-6,9-12H2,1H3,(H,18,20). The molecule has 1 N–H and O–H groups in total. The summed E-state index contributed by atoms with van der Waals surface area (Å²) in [7, 11) is 1.33. The number of esters is 1. The van der Waals surface area contributed by atoms with Crippen molar-refractivity contribution in [1.82, 2.24) is 5.32 Å². The molecule has 2 rings (SSSR count). The zero-order valence-corrected chi connectivity index (χ0v) is 12.9. The molecule has 1 aliphatic rings. The predicted molar refractivity (Wildman–Crippen MR) is 82.2 cm³/mol. The van der Waals surface area contributed by atoms with Crippen LogP contribution in [-0.4, -0.2) is 31.6 Å². The molecule has 22 heavy (non-hydrogen) atoms. The van der Waals surface area contributed by atoms with E-state index in [9.17, 15) is 9.59 Å². The highest BCUT2D eigenvalue weighted by Crippen LogP contribution is 2.28. The Morgan fingerprint density at radius 2 is 1.91 bits per heavy atom. The van der Waals surface area contributed by atoms with Gasteiger partial charge in [0.25, 0.3) is 5.91 Å². The van der Waals surface area contributed by atoms with Crippen molar-refractivity contribution in [3.63, 3.8) is 0 Å². The molecule has 0 aromatic heterocycles. The molecular weight excluding hydrogens is 282 g/mol. The molecule has 0 heterocycles. The Morgan fingerprint density at radius 1 is 1.23 bits per heavy atom. The second-order valence-corrected chi connectivity index (χ2v) is 5.45. The predicted octanol–water partition coefficient (Wildman–Crippen LogP) is 2.37. The number of benzene rings is 1. The van der Waals surface area contributed by atoms with E-state index < -0.39 is 6.10 Å². The summed E-state index contributed by atoms with van der Waals surface area (Å²) < 4.78 is 10.6. The summed E-state index contributed by atoms with van der Waals surface area (Å²) in [5.74, 6) is -0.546. The van der Waals surface area contributed by atoms with Gasteiger partial charge in [-0.3, -0.25) is 9.59 Å². The maximum atomic E-state index is 12.4. The van der Waals surface area contributed by atoms with Crippen molar-refractivity contribution < 1.29 is 19.1 Å². The van der Waals surface area contributed by atoms with Crippen LogP contribution < -0.4 is 5.32 Å². The van der Waals surface area contributed by atoms with Gasteiger partial charge in [0.1, 0.15) is 0 Å². The SMILES string of the molecule is COC(=O)CCNC(=O)C(OC1CCCC1)c1ccccc1. The normalized spacial score (nSPS) is 16.2. The number of nitrogens with one attached hydrogen (secondary N) is 1. The molecule has 1 atom stereocenters. The van der Waals surface area contributed by atoms with Crippen LogP contribution >= 0.6 is 0 Å². The third kappa shape index (κ3) is 4.84. The molecule has 0 bridgehead atoms. The molecule has 0 saturated heterocycles. The first-order valence-electron chi connectivity index (χ1n) is 7.75. The topological polar surface area (TPSA) is 64.6 Å². The Morgan fingerprint density at radius 3 is 2.55 bits per heavy atom. The maximum absolute atomic E-state index is 12.4. The van der Waals surface area contributed by atoms with E-state index in [-0.39, 0.29) is 30.9 Å². The number of amides is 1. The van der Waals surface area contributed by atoms with Gasteiger partial charge in [-0.2, -0.15) is 0 Å². The number of rotatable bonds is 7. The van der Waals surface area contributed by atoms with Gasteiger partial charge in [0.05, 0.1) is 19.6 Å². The lowest BCUT2D eigenvalue weighted by atomic mass is 10.1. The van der Waals surface area contributed by atoms with Gasteiger partial charge in [-0.05, 0) is 18.4 Å². The van der Waals surface area contributed by atoms with E-state index in [2.05, 4.69) is 10.1 Å². The minimum Gasteiger partial charge on any atom is -0.469 e. The Balaban J connectivity index is 1.96. The van der Waals surface area contributed by atoms with Gasteiger partial charge in [0, 0.05) is 6.54 Å². The number of ether oxygens (including phenoxy) is 2. The molecule has 1 unspecified atom stereocenters. The summed E-state index contributed by atoms with van der Waals surface area (Å²) >= 11 is 0. The smallest absolute Gasteiger partial charge is 0.307 e. The highest BCUT2D eigenvalue weighted by Gasteiger charge is 2.26. The quantitative estimate of drug-likeness (QED) is 0.786. The molecule has 1 aromatic rings. The molecule has 1 aliphatic carbocycles. The van der Waals surface area contributed by atoms with E-state index in [1.54, 1.807) is 0 Å². The summed E-state index contributed by atoms with van der Waals surface area (Å²) in [4.78, 5) is 23.5. The monoisotopic (exact) mass is 305 g/mol. The third-order valence-corrected chi connectivity index (χ3v) is 3.83. The molecule has 0 spiro atoms. The lowest BCUT2D eigenvalue weighted by molar-refractivity contribution is -0.141. The second kappa shape index (κ2) is 8.54. The Kier molecular flexibility index (Phi) is 6.40. The van der Waals surface area contributed by atoms with Gasteiger partial charge in [-0.15, -0.1) is 0 Å².